The number of carbonyl (C=O) groups is 1. The van der Waals surface area contributed by atoms with Crippen LogP contribution in [0.4, 0.5) is 5.69 Å². The summed E-state index contributed by atoms with van der Waals surface area (Å²) in [7, 11) is 0. The summed E-state index contributed by atoms with van der Waals surface area (Å²) in [5, 5.41) is 3.05. The molecule has 1 N–H and O–H groups in total. The molecule has 0 saturated heterocycles. The van der Waals surface area contributed by atoms with Gasteiger partial charge in [-0.05, 0) is 55.6 Å². The average Bonchev–Trinajstić information content (AvgIpc) is 2.96. The van der Waals surface area contributed by atoms with Crippen LogP contribution in [0.1, 0.15) is 19.3 Å². The van der Waals surface area contributed by atoms with Crippen LogP contribution >= 0.6 is 11.8 Å². The van der Waals surface area contributed by atoms with Crippen molar-refractivity contribution in [3.8, 4) is 0 Å². The lowest BCUT2D eigenvalue weighted by atomic mass is 10.0. The largest absolute Gasteiger partial charge is 0.326 e. The van der Waals surface area contributed by atoms with E-state index in [1.165, 1.54) is 11.3 Å². The van der Waals surface area contributed by atoms with Gasteiger partial charge in [0.15, 0.2) is 0 Å². The lowest BCUT2D eigenvalue weighted by molar-refractivity contribution is -0.120. The Morgan fingerprint density at radius 1 is 1.29 bits per heavy atom. The van der Waals surface area contributed by atoms with Gasteiger partial charge >= 0.3 is 0 Å². The molecule has 17 heavy (non-hydrogen) atoms. The molecular formula is C14H17NOS. The molecule has 2 nitrogen and oxygen atoms in total. The molecule has 0 bridgehead atoms. The van der Waals surface area contributed by atoms with Crippen molar-refractivity contribution in [3.63, 3.8) is 0 Å². The SMILES string of the molecule is CSc1cccc(NC(=O)C2CC3CC3C2)c1. The summed E-state index contributed by atoms with van der Waals surface area (Å²) >= 11 is 1.70. The van der Waals surface area contributed by atoms with Crippen LogP contribution in [0.15, 0.2) is 29.2 Å². The number of carbonyl (C=O) groups excluding carboxylic acids is 1. The van der Waals surface area contributed by atoms with Crippen LogP contribution in [-0.4, -0.2) is 12.2 Å². The minimum atomic E-state index is 0.218. The fourth-order valence-electron chi connectivity index (χ4n) is 2.87. The fourth-order valence-corrected chi connectivity index (χ4v) is 3.33. The van der Waals surface area contributed by atoms with Crippen LogP contribution in [0.25, 0.3) is 0 Å². The quantitative estimate of drug-likeness (QED) is 0.829. The van der Waals surface area contributed by atoms with Crippen LogP contribution < -0.4 is 5.32 Å². The minimum absolute atomic E-state index is 0.218. The van der Waals surface area contributed by atoms with E-state index in [0.717, 1.165) is 30.4 Å². The fraction of sp³-hybridized carbons (Fsp3) is 0.500. The van der Waals surface area contributed by atoms with E-state index in [0.29, 0.717) is 0 Å². The summed E-state index contributed by atoms with van der Waals surface area (Å²) in [6.07, 6.45) is 5.63. The summed E-state index contributed by atoms with van der Waals surface area (Å²) in [6.45, 7) is 0. The highest BCUT2D eigenvalue weighted by molar-refractivity contribution is 7.98. The van der Waals surface area contributed by atoms with Crippen LogP contribution in [0.3, 0.4) is 0 Å². The van der Waals surface area contributed by atoms with Gasteiger partial charge in [-0.2, -0.15) is 0 Å². The second-order valence-electron chi connectivity index (χ2n) is 5.15. The third-order valence-electron chi connectivity index (χ3n) is 3.95. The number of thioether (sulfide) groups is 1. The summed E-state index contributed by atoms with van der Waals surface area (Å²) < 4.78 is 0. The van der Waals surface area contributed by atoms with Gasteiger partial charge in [-0.25, -0.2) is 0 Å². The van der Waals surface area contributed by atoms with Crippen LogP contribution in [0, 0.1) is 17.8 Å². The maximum atomic E-state index is 12.1. The first-order chi connectivity index (χ1) is 8.26. The lowest BCUT2D eigenvalue weighted by Crippen LogP contribution is -2.21. The van der Waals surface area contributed by atoms with E-state index in [4.69, 9.17) is 0 Å². The van der Waals surface area contributed by atoms with Gasteiger partial charge in [-0.3, -0.25) is 4.79 Å². The van der Waals surface area contributed by atoms with E-state index >= 15 is 0 Å². The topological polar surface area (TPSA) is 29.1 Å². The first-order valence-corrected chi connectivity index (χ1v) is 7.43. The molecule has 2 unspecified atom stereocenters. The monoisotopic (exact) mass is 247 g/mol. The second kappa shape index (κ2) is 4.37. The number of hydrogen-bond donors (Lipinski definition) is 1. The summed E-state index contributed by atoms with van der Waals surface area (Å²) in [6, 6.07) is 8.06. The molecule has 3 heteroatoms. The molecule has 2 aliphatic rings. The minimum Gasteiger partial charge on any atom is -0.326 e. The molecule has 1 aromatic carbocycles. The van der Waals surface area contributed by atoms with Crippen LogP contribution in [0.5, 0.6) is 0 Å². The Bertz CT molecular complexity index is 436. The van der Waals surface area contributed by atoms with Crippen molar-refractivity contribution in [2.45, 2.75) is 24.2 Å². The highest BCUT2D eigenvalue weighted by atomic mass is 32.2. The molecule has 2 atom stereocenters. The van der Waals surface area contributed by atoms with E-state index in [-0.39, 0.29) is 11.8 Å². The Kier molecular flexibility index (Phi) is 2.87. The maximum Gasteiger partial charge on any atom is 0.227 e. The number of benzene rings is 1. The first kappa shape index (κ1) is 11.1. The zero-order chi connectivity index (χ0) is 11.8. The van der Waals surface area contributed by atoms with Gasteiger partial charge in [0.2, 0.25) is 5.91 Å². The van der Waals surface area contributed by atoms with E-state index < -0.39 is 0 Å². The zero-order valence-corrected chi connectivity index (χ0v) is 10.8. The maximum absolute atomic E-state index is 12.1. The third-order valence-corrected chi connectivity index (χ3v) is 4.68. The number of hydrogen-bond acceptors (Lipinski definition) is 2. The lowest BCUT2D eigenvalue weighted by Gasteiger charge is -2.12. The zero-order valence-electron chi connectivity index (χ0n) is 9.98. The average molecular weight is 247 g/mol. The highest BCUT2D eigenvalue weighted by Gasteiger charge is 2.47. The van der Waals surface area contributed by atoms with E-state index in [9.17, 15) is 4.79 Å². The Labute approximate surface area is 106 Å². The Morgan fingerprint density at radius 2 is 2.06 bits per heavy atom. The molecule has 2 aliphatic carbocycles. The molecular weight excluding hydrogens is 230 g/mol. The molecule has 0 aromatic heterocycles. The molecule has 1 amide bonds. The van der Waals surface area contributed by atoms with Crippen LogP contribution in [0.2, 0.25) is 0 Å². The Hall–Kier alpha value is -0.960. The number of amides is 1. The molecule has 0 heterocycles. The van der Waals surface area contributed by atoms with Crippen molar-refractivity contribution in [2.75, 3.05) is 11.6 Å². The van der Waals surface area contributed by atoms with Crippen molar-refractivity contribution in [2.24, 2.45) is 17.8 Å². The van der Waals surface area contributed by atoms with E-state index in [1.54, 1.807) is 11.8 Å². The smallest absolute Gasteiger partial charge is 0.227 e. The van der Waals surface area contributed by atoms with Crippen molar-refractivity contribution in [1.82, 2.24) is 0 Å². The Balaban J connectivity index is 1.63. The van der Waals surface area contributed by atoms with Gasteiger partial charge in [0.05, 0.1) is 0 Å². The molecule has 90 valence electrons. The van der Waals surface area contributed by atoms with Gasteiger partial charge in [0.25, 0.3) is 0 Å². The predicted molar refractivity (Wildman–Crippen MR) is 71.2 cm³/mol. The molecule has 0 aliphatic heterocycles. The summed E-state index contributed by atoms with van der Waals surface area (Å²) in [5.41, 5.74) is 0.933. The first-order valence-electron chi connectivity index (χ1n) is 6.21. The van der Waals surface area contributed by atoms with Crippen molar-refractivity contribution < 1.29 is 4.79 Å². The predicted octanol–water partition coefficient (Wildman–Crippen LogP) is 3.39. The standard InChI is InChI=1S/C14H17NOS/c1-17-13-4-2-3-12(8-13)15-14(16)11-6-9-5-10(9)7-11/h2-4,8-11H,5-7H2,1H3,(H,15,16). The highest BCUT2D eigenvalue weighted by Crippen LogP contribution is 2.54. The molecule has 2 fully saturated rings. The second-order valence-corrected chi connectivity index (χ2v) is 6.03. The van der Waals surface area contributed by atoms with Gasteiger partial charge in [-0.1, -0.05) is 6.07 Å². The molecule has 0 radical (unpaired) electrons. The van der Waals surface area contributed by atoms with Gasteiger partial charge in [-0.15, -0.1) is 11.8 Å². The normalized spacial score (nSPS) is 29.8. The third kappa shape index (κ3) is 2.34. The van der Waals surface area contributed by atoms with Crippen molar-refractivity contribution >= 4 is 23.4 Å². The van der Waals surface area contributed by atoms with E-state index in [1.807, 2.05) is 24.5 Å². The Morgan fingerprint density at radius 3 is 2.76 bits per heavy atom. The summed E-state index contributed by atoms with van der Waals surface area (Å²) in [4.78, 5) is 13.3. The van der Waals surface area contributed by atoms with Crippen molar-refractivity contribution in [3.05, 3.63) is 24.3 Å². The number of nitrogens with one attached hydrogen (secondary N) is 1. The van der Waals surface area contributed by atoms with E-state index in [2.05, 4.69) is 11.4 Å². The van der Waals surface area contributed by atoms with Gasteiger partial charge in [0.1, 0.15) is 0 Å². The molecule has 3 rings (SSSR count). The van der Waals surface area contributed by atoms with Gasteiger partial charge < -0.3 is 5.32 Å². The van der Waals surface area contributed by atoms with Crippen molar-refractivity contribution in [1.29, 1.82) is 0 Å². The van der Waals surface area contributed by atoms with Crippen LogP contribution in [-0.2, 0) is 4.79 Å². The molecule has 1 aromatic rings. The van der Waals surface area contributed by atoms with Gasteiger partial charge in [0, 0.05) is 16.5 Å². The number of fused-ring (bicyclic) bond motifs is 1. The molecule has 0 spiro atoms. The number of rotatable bonds is 3. The number of anilines is 1. The summed E-state index contributed by atoms with van der Waals surface area (Å²) in [5.74, 6) is 2.21. The molecule has 2 saturated carbocycles.